The Morgan fingerprint density at radius 1 is 1.22 bits per heavy atom. The van der Waals surface area contributed by atoms with Gasteiger partial charge in [-0.1, -0.05) is 0 Å². The van der Waals surface area contributed by atoms with E-state index in [1.54, 1.807) is 19.2 Å². The van der Waals surface area contributed by atoms with E-state index in [-0.39, 0.29) is 11.7 Å². The maximum atomic E-state index is 13.4. The summed E-state index contributed by atoms with van der Waals surface area (Å²) in [5, 5.41) is 4.30. The molecule has 4 heterocycles. The largest absolute Gasteiger partial charge is 0.433 e. The highest BCUT2D eigenvalue weighted by Crippen LogP contribution is 2.35. The van der Waals surface area contributed by atoms with Crippen molar-refractivity contribution in [2.45, 2.75) is 45.5 Å². The van der Waals surface area contributed by atoms with Crippen LogP contribution in [0.5, 0.6) is 0 Å². The van der Waals surface area contributed by atoms with Crippen LogP contribution in [0.2, 0.25) is 0 Å². The number of aryl methyl sites for hydroxylation is 2. The van der Waals surface area contributed by atoms with Gasteiger partial charge in [0.15, 0.2) is 5.65 Å². The Kier molecular flexibility index (Phi) is 4.38. The Hall–Kier alpha value is -2.48. The lowest BCUT2D eigenvalue weighted by molar-refractivity contribution is -0.142. The van der Waals surface area contributed by atoms with Crippen LogP contribution in [0.1, 0.15) is 47.1 Å². The summed E-state index contributed by atoms with van der Waals surface area (Å²) in [6, 6.07) is 4.70. The molecule has 0 aromatic carbocycles. The van der Waals surface area contributed by atoms with Gasteiger partial charge >= 0.3 is 6.18 Å². The number of fused-ring (bicyclic) bond motifs is 1. The fourth-order valence-corrected chi connectivity index (χ4v) is 3.73. The lowest BCUT2D eigenvalue weighted by Gasteiger charge is -2.23. The molecule has 0 aliphatic carbocycles. The van der Waals surface area contributed by atoms with E-state index in [2.05, 4.69) is 20.0 Å². The molecule has 1 saturated heterocycles. The predicted octanol–water partition coefficient (Wildman–Crippen LogP) is 4.10. The van der Waals surface area contributed by atoms with Crippen molar-refractivity contribution in [1.82, 2.24) is 24.5 Å². The normalized spacial score (nSPS) is 18.5. The summed E-state index contributed by atoms with van der Waals surface area (Å²) < 4.78 is 41.1. The molecule has 0 amide bonds. The Morgan fingerprint density at radius 2 is 2.04 bits per heavy atom. The first kappa shape index (κ1) is 17.9. The lowest BCUT2D eigenvalue weighted by atomic mass is 10.1. The molecule has 27 heavy (non-hydrogen) atoms. The van der Waals surface area contributed by atoms with E-state index in [1.807, 2.05) is 19.2 Å². The number of hydrogen-bond acceptors (Lipinski definition) is 4. The van der Waals surface area contributed by atoms with Gasteiger partial charge in [-0.25, -0.2) is 9.50 Å². The van der Waals surface area contributed by atoms with Gasteiger partial charge in [0, 0.05) is 30.7 Å². The highest BCUT2D eigenvalue weighted by Gasteiger charge is 2.36. The zero-order chi connectivity index (χ0) is 19.2. The highest BCUT2D eigenvalue weighted by atomic mass is 19.4. The summed E-state index contributed by atoms with van der Waals surface area (Å²) in [6.07, 6.45) is 0.975. The minimum atomic E-state index is -4.47. The molecule has 0 saturated carbocycles. The first-order chi connectivity index (χ1) is 12.8. The molecule has 1 fully saturated rings. The topological polar surface area (TPSA) is 46.3 Å². The lowest BCUT2D eigenvalue weighted by Crippen LogP contribution is -2.23. The summed E-state index contributed by atoms with van der Waals surface area (Å²) in [4.78, 5) is 10.6. The summed E-state index contributed by atoms with van der Waals surface area (Å²) in [5.41, 5.74) is 2.70. The van der Waals surface area contributed by atoms with Gasteiger partial charge in [-0.3, -0.25) is 9.88 Å². The third kappa shape index (κ3) is 3.41. The van der Waals surface area contributed by atoms with Crippen LogP contribution in [0, 0.1) is 13.8 Å². The summed E-state index contributed by atoms with van der Waals surface area (Å²) in [7, 11) is 0. The van der Waals surface area contributed by atoms with Gasteiger partial charge in [0.1, 0.15) is 5.69 Å². The summed E-state index contributed by atoms with van der Waals surface area (Å²) in [5.74, 6) is 0. The molecular weight excluding hydrogens is 355 g/mol. The SMILES string of the molecule is Cc1cc(C(F)(F)F)n2nc([C@H]3CCCN3Cc3ccncc3C)cc2n1. The van der Waals surface area contributed by atoms with Gasteiger partial charge < -0.3 is 0 Å². The molecule has 1 atom stereocenters. The van der Waals surface area contributed by atoms with Gasteiger partial charge in [0.05, 0.1) is 11.7 Å². The number of halogens is 3. The molecule has 4 rings (SSSR count). The number of likely N-dealkylation sites (tertiary alicyclic amines) is 1. The summed E-state index contributed by atoms with van der Waals surface area (Å²) >= 11 is 0. The number of aromatic nitrogens is 4. The van der Waals surface area contributed by atoms with Gasteiger partial charge in [-0.15, -0.1) is 0 Å². The van der Waals surface area contributed by atoms with Crippen LogP contribution in [0.4, 0.5) is 13.2 Å². The van der Waals surface area contributed by atoms with Crippen LogP contribution >= 0.6 is 0 Å². The quantitative estimate of drug-likeness (QED) is 0.692. The molecule has 5 nitrogen and oxygen atoms in total. The van der Waals surface area contributed by atoms with Crippen molar-refractivity contribution in [3.05, 3.63) is 58.8 Å². The zero-order valence-corrected chi connectivity index (χ0v) is 15.2. The zero-order valence-electron chi connectivity index (χ0n) is 15.2. The van der Waals surface area contributed by atoms with Gasteiger partial charge in [-0.05, 0) is 56.5 Å². The molecule has 0 spiro atoms. The Balaban J connectivity index is 1.70. The fraction of sp³-hybridized carbons (Fsp3) is 0.421. The minimum Gasteiger partial charge on any atom is -0.290 e. The molecule has 0 bridgehead atoms. The van der Waals surface area contributed by atoms with Crippen LogP contribution in [0.15, 0.2) is 30.6 Å². The number of hydrogen-bond donors (Lipinski definition) is 0. The molecular formula is C19H20F3N5. The molecule has 3 aromatic rings. The molecule has 1 aliphatic heterocycles. The van der Waals surface area contributed by atoms with Gasteiger partial charge in [0.25, 0.3) is 0 Å². The highest BCUT2D eigenvalue weighted by molar-refractivity contribution is 5.43. The molecule has 1 aliphatic rings. The van der Waals surface area contributed by atoms with Crippen molar-refractivity contribution in [2.24, 2.45) is 0 Å². The van der Waals surface area contributed by atoms with Crippen molar-refractivity contribution in [3.63, 3.8) is 0 Å². The second-order valence-corrected chi connectivity index (χ2v) is 7.05. The van der Waals surface area contributed by atoms with Crippen molar-refractivity contribution < 1.29 is 13.2 Å². The van der Waals surface area contributed by atoms with E-state index < -0.39 is 11.9 Å². The van der Waals surface area contributed by atoms with E-state index >= 15 is 0 Å². The Labute approximate surface area is 154 Å². The van der Waals surface area contributed by atoms with Crippen LogP contribution in [-0.4, -0.2) is 31.0 Å². The predicted molar refractivity (Wildman–Crippen MR) is 94.1 cm³/mol. The van der Waals surface area contributed by atoms with E-state index in [4.69, 9.17) is 0 Å². The number of alkyl halides is 3. The number of pyridine rings is 1. The van der Waals surface area contributed by atoms with E-state index in [0.29, 0.717) is 11.4 Å². The molecule has 8 heteroatoms. The van der Waals surface area contributed by atoms with Crippen molar-refractivity contribution in [2.75, 3.05) is 6.54 Å². The maximum absolute atomic E-state index is 13.4. The fourth-order valence-electron chi connectivity index (χ4n) is 3.73. The number of nitrogens with zero attached hydrogens (tertiary/aromatic N) is 5. The molecule has 0 unspecified atom stereocenters. The maximum Gasteiger partial charge on any atom is 0.433 e. The number of rotatable bonds is 3. The average molecular weight is 375 g/mol. The van der Waals surface area contributed by atoms with Crippen LogP contribution in [0.3, 0.4) is 0 Å². The smallest absolute Gasteiger partial charge is 0.290 e. The van der Waals surface area contributed by atoms with E-state index in [0.717, 1.165) is 42.1 Å². The first-order valence-electron chi connectivity index (χ1n) is 8.91. The monoisotopic (exact) mass is 375 g/mol. The molecule has 3 aromatic heterocycles. The van der Waals surface area contributed by atoms with E-state index in [1.165, 1.54) is 5.56 Å². The van der Waals surface area contributed by atoms with Crippen molar-refractivity contribution in [1.29, 1.82) is 0 Å². The Morgan fingerprint density at radius 3 is 2.78 bits per heavy atom. The van der Waals surface area contributed by atoms with Crippen LogP contribution < -0.4 is 0 Å². The molecule has 142 valence electrons. The van der Waals surface area contributed by atoms with Crippen LogP contribution in [0.25, 0.3) is 5.65 Å². The van der Waals surface area contributed by atoms with Crippen molar-refractivity contribution >= 4 is 5.65 Å². The van der Waals surface area contributed by atoms with Gasteiger partial charge in [0.2, 0.25) is 0 Å². The standard InChI is InChI=1S/C19H20F3N5/c1-12-10-23-6-5-14(12)11-26-7-3-4-16(26)15-9-18-24-13(2)8-17(19(20,21)22)27(18)25-15/h5-6,8-10,16H,3-4,7,11H2,1-2H3/t16-/m1/s1. The second kappa shape index (κ2) is 6.60. The third-order valence-electron chi connectivity index (χ3n) is 5.08. The third-order valence-corrected chi connectivity index (χ3v) is 5.08. The second-order valence-electron chi connectivity index (χ2n) is 7.05. The van der Waals surface area contributed by atoms with Gasteiger partial charge in [-0.2, -0.15) is 18.3 Å². The molecule has 0 N–H and O–H groups in total. The molecule has 0 radical (unpaired) electrons. The van der Waals surface area contributed by atoms with Crippen molar-refractivity contribution in [3.8, 4) is 0 Å². The average Bonchev–Trinajstić information content (AvgIpc) is 3.21. The van der Waals surface area contributed by atoms with E-state index in [9.17, 15) is 13.2 Å². The Bertz CT molecular complexity index is 979. The first-order valence-corrected chi connectivity index (χ1v) is 8.91. The summed E-state index contributed by atoms with van der Waals surface area (Å²) in [6.45, 7) is 5.20. The minimum absolute atomic E-state index is 0.0133. The van der Waals surface area contributed by atoms with Crippen LogP contribution in [-0.2, 0) is 12.7 Å².